The minimum Gasteiger partial charge on any atom is -0.462 e. The van der Waals surface area contributed by atoms with Gasteiger partial charge in [-0.15, -0.1) is 11.6 Å². The number of hydrogen-bond acceptors (Lipinski definition) is 10. The van der Waals surface area contributed by atoms with Crippen molar-refractivity contribution in [2.45, 2.75) is 83.1 Å². The molecule has 2 aliphatic carbocycles. The molecular weight excluding hydrogens is 508 g/mol. The number of halogens is 1. The lowest BCUT2D eigenvalue weighted by atomic mass is 9.53. The first-order valence-corrected chi connectivity index (χ1v) is 12.9. The number of aliphatic hydroxyl groups is 1. The molecule has 0 amide bonds. The quantitative estimate of drug-likeness (QED) is 0.244. The van der Waals surface area contributed by atoms with E-state index < -0.39 is 76.7 Å². The molecule has 2 heterocycles. The van der Waals surface area contributed by atoms with Crippen molar-refractivity contribution >= 4 is 35.5 Å². The molecule has 11 heteroatoms. The lowest BCUT2D eigenvalue weighted by Crippen LogP contribution is -2.69. The summed E-state index contributed by atoms with van der Waals surface area (Å²) in [6.07, 6.45) is 1.21. The Morgan fingerprint density at radius 2 is 1.76 bits per heavy atom. The van der Waals surface area contributed by atoms with Crippen molar-refractivity contribution in [2.75, 3.05) is 12.5 Å². The lowest BCUT2D eigenvalue weighted by molar-refractivity contribution is -0.236. The van der Waals surface area contributed by atoms with E-state index in [1.165, 1.54) is 33.8 Å². The summed E-state index contributed by atoms with van der Waals surface area (Å²) in [7, 11) is 0. The van der Waals surface area contributed by atoms with E-state index in [-0.39, 0.29) is 12.5 Å². The summed E-state index contributed by atoms with van der Waals surface area (Å²) in [6, 6.07) is 0. The normalized spacial score (nSPS) is 42.6. The Morgan fingerprint density at radius 3 is 2.30 bits per heavy atom. The second-order valence-corrected chi connectivity index (χ2v) is 10.9. The van der Waals surface area contributed by atoms with E-state index in [0.29, 0.717) is 18.4 Å². The maximum atomic E-state index is 12.8. The van der Waals surface area contributed by atoms with Crippen LogP contribution < -0.4 is 0 Å². The van der Waals surface area contributed by atoms with Gasteiger partial charge in [-0.3, -0.25) is 19.2 Å². The first-order valence-electron chi connectivity index (χ1n) is 12.3. The average molecular weight is 541 g/mol. The van der Waals surface area contributed by atoms with Gasteiger partial charge in [-0.1, -0.05) is 13.0 Å². The van der Waals surface area contributed by atoms with Gasteiger partial charge in [0.1, 0.15) is 18.3 Å². The first kappa shape index (κ1) is 27.6. The maximum Gasteiger partial charge on any atom is 0.312 e. The highest BCUT2D eigenvalue weighted by atomic mass is 35.5. The van der Waals surface area contributed by atoms with Crippen molar-refractivity contribution < 1.29 is 48.0 Å². The molecule has 10 nitrogen and oxygen atoms in total. The standard InChI is InChI=1S/C26H33ClO10/c1-13-23(31)37-20-10-17(11-27)6-7-18(34-14(2)28)24(5)19(35-15(3)29)8-9-25(12-33-25)21(24)22(26(13,20)32)36-16(4)30/h6-7,10,13,18-22,32H,8-9,11-12H2,1-5H3. The van der Waals surface area contributed by atoms with Crippen molar-refractivity contribution in [3.05, 3.63) is 23.8 Å². The van der Waals surface area contributed by atoms with Crippen molar-refractivity contribution in [2.24, 2.45) is 17.3 Å². The van der Waals surface area contributed by atoms with Gasteiger partial charge in [-0.05, 0) is 37.5 Å². The van der Waals surface area contributed by atoms with Crippen molar-refractivity contribution in [3.8, 4) is 0 Å². The van der Waals surface area contributed by atoms with Crippen LogP contribution in [0.15, 0.2) is 23.8 Å². The first-order chi connectivity index (χ1) is 17.3. The number of ether oxygens (including phenoxy) is 5. The summed E-state index contributed by atoms with van der Waals surface area (Å²) in [6.45, 7) is 7.28. The zero-order chi connectivity index (χ0) is 27.3. The molecule has 9 atom stereocenters. The second-order valence-electron chi connectivity index (χ2n) is 10.6. The third-order valence-electron chi connectivity index (χ3n) is 8.29. The Balaban J connectivity index is 2.04. The van der Waals surface area contributed by atoms with Gasteiger partial charge in [0, 0.05) is 32.6 Å². The van der Waals surface area contributed by atoms with Gasteiger partial charge < -0.3 is 28.8 Å². The number of esters is 4. The molecule has 0 aromatic carbocycles. The highest BCUT2D eigenvalue weighted by Crippen LogP contribution is 2.62. The topological polar surface area (TPSA) is 138 Å². The minimum atomic E-state index is -2.03. The molecule has 37 heavy (non-hydrogen) atoms. The van der Waals surface area contributed by atoms with E-state index in [2.05, 4.69) is 0 Å². The van der Waals surface area contributed by atoms with Crippen molar-refractivity contribution in [1.82, 2.24) is 0 Å². The minimum absolute atomic E-state index is 0.0133. The molecule has 2 saturated heterocycles. The van der Waals surface area contributed by atoms with Crippen molar-refractivity contribution in [3.63, 3.8) is 0 Å². The molecule has 3 fully saturated rings. The van der Waals surface area contributed by atoms with E-state index in [9.17, 15) is 24.3 Å². The Kier molecular flexibility index (Phi) is 7.24. The number of allylic oxidation sites excluding steroid dienone is 2. The SMILES string of the molecule is CC(=O)OC1C=CC(CCl)=CC2OC(=O)C(C)C2(O)C(OC(C)=O)C2C3(CCC(OC(C)=O)C12C)CO3. The van der Waals surface area contributed by atoms with Crippen LogP contribution in [-0.2, 0) is 42.9 Å². The van der Waals surface area contributed by atoms with Crippen molar-refractivity contribution in [1.29, 1.82) is 0 Å². The fourth-order valence-electron chi connectivity index (χ4n) is 6.42. The predicted molar refractivity (Wildman–Crippen MR) is 128 cm³/mol. The zero-order valence-electron chi connectivity index (χ0n) is 21.5. The van der Waals surface area contributed by atoms with E-state index in [0.717, 1.165) is 0 Å². The number of carbonyl (C=O) groups is 4. The average Bonchev–Trinajstić information content (AvgIpc) is 3.54. The van der Waals surface area contributed by atoms with Gasteiger partial charge in [0.05, 0.1) is 23.5 Å². The smallest absolute Gasteiger partial charge is 0.312 e. The van der Waals surface area contributed by atoms with E-state index in [1.54, 1.807) is 19.1 Å². The molecule has 0 bridgehead atoms. The molecule has 0 aromatic heterocycles. The van der Waals surface area contributed by atoms with E-state index in [1.807, 2.05) is 0 Å². The summed E-state index contributed by atoms with van der Waals surface area (Å²) in [5, 5.41) is 12.3. The number of rotatable bonds is 4. The van der Waals surface area contributed by atoms with Crippen LogP contribution in [0.5, 0.6) is 0 Å². The summed E-state index contributed by atoms with van der Waals surface area (Å²) in [4.78, 5) is 49.8. The molecule has 1 spiro atoms. The van der Waals surface area contributed by atoms with Crippen LogP contribution in [0.25, 0.3) is 0 Å². The summed E-state index contributed by atoms with van der Waals surface area (Å²) >= 11 is 6.18. The second kappa shape index (κ2) is 9.71. The maximum absolute atomic E-state index is 12.8. The van der Waals surface area contributed by atoms with Gasteiger partial charge in [-0.2, -0.15) is 0 Å². The van der Waals surface area contributed by atoms with Gasteiger partial charge in [0.15, 0.2) is 11.7 Å². The summed E-state index contributed by atoms with van der Waals surface area (Å²) in [5.74, 6) is -4.49. The highest BCUT2D eigenvalue weighted by Gasteiger charge is 2.74. The molecule has 0 aromatic rings. The Bertz CT molecular complexity index is 1050. The van der Waals surface area contributed by atoms with Crippen LogP contribution >= 0.6 is 11.6 Å². The third kappa shape index (κ3) is 4.57. The van der Waals surface area contributed by atoms with Crippen LogP contribution in [0.1, 0.15) is 47.5 Å². The largest absolute Gasteiger partial charge is 0.462 e. The predicted octanol–water partition coefficient (Wildman–Crippen LogP) is 1.99. The fourth-order valence-corrected chi connectivity index (χ4v) is 6.60. The summed E-state index contributed by atoms with van der Waals surface area (Å²) < 4.78 is 29.0. The van der Waals surface area contributed by atoms with Gasteiger partial charge >= 0.3 is 23.9 Å². The van der Waals surface area contributed by atoms with Crippen LogP contribution in [0, 0.1) is 17.3 Å². The Labute approximate surface area is 220 Å². The molecule has 4 aliphatic rings. The number of epoxide rings is 1. The molecule has 204 valence electrons. The molecule has 1 saturated carbocycles. The number of alkyl halides is 1. The Hall–Kier alpha value is -2.43. The molecule has 4 rings (SSSR count). The number of carbonyl (C=O) groups excluding carboxylic acids is 4. The van der Waals surface area contributed by atoms with E-state index in [4.69, 9.17) is 35.3 Å². The molecule has 0 radical (unpaired) electrons. The van der Waals surface area contributed by atoms with Crippen LogP contribution in [0.2, 0.25) is 0 Å². The summed E-state index contributed by atoms with van der Waals surface area (Å²) in [5.41, 5.74) is -3.70. The molecule has 9 unspecified atom stereocenters. The number of fused-ring (bicyclic) bond motifs is 3. The monoisotopic (exact) mass is 540 g/mol. The van der Waals surface area contributed by atoms with Crippen LogP contribution in [-0.4, -0.2) is 77.1 Å². The Morgan fingerprint density at radius 1 is 1.14 bits per heavy atom. The third-order valence-corrected chi connectivity index (χ3v) is 8.60. The highest BCUT2D eigenvalue weighted by molar-refractivity contribution is 6.19. The van der Waals surface area contributed by atoms with Gasteiger partial charge in [0.25, 0.3) is 0 Å². The molecule has 2 aliphatic heterocycles. The van der Waals surface area contributed by atoms with Gasteiger partial charge in [-0.25, -0.2) is 0 Å². The molecular formula is C26H33ClO10. The van der Waals surface area contributed by atoms with Crippen LogP contribution in [0.4, 0.5) is 0 Å². The fraction of sp³-hybridized carbons (Fsp3) is 0.692. The molecule has 1 N–H and O–H groups in total. The van der Waals surface area contributed by atoms with Crippen LogP contribution in [0.3, 0.4) is 0 Å². The number of hydrogen-bond donors (Lipinski definition) is 1. The van der Waals surface area contributed by atoms with Gasteiger partial charge in [0.2, 0.25) is 0 Å². The lowest BCUT2D eigenvalue weighted by Gasteiger charge is -2.56. The van der Waals surface area contributed by atoms with E-state index >= 15 is 0 Å². The zero-order valence-corrected chi connectivity index (χ0v) is 22.3.